The number of nitro groups is 1. The Kier molecular flexibility index (Phi) is 5.78. The van der Waals surface area contributed by atoms with Gasteiger partial charge in [0.1, 0.15) is 11.4 Å². The Balaban J connectivity index is 1.55. The molecule has 1 aliphatic rings. The average molecular weight is 391 g/mol. The van der Waals surface area contributed by atoms with Crippen molar-refractivity contribution in [1.29, 1.82) is 0 Å². The van der Waals surface area contributed by atoms with Crippen LogP contribution in [-0.2, 0) is 4.79 Å². The highest BCUT2D eigenvalue weighted by Gasteiger charge is 2.21. The standard InChI is InChI=1S/C18H19ClN4O4/c19-13-1-6-17(23(26)27)16(11-13)20-18(25)12-21-7-9-22(10-8-21)14-2-4-15(24)5-3-14/h1-6,11,24H,7-10,12H2,(H,20,25). The smallest absolute Gasteiger partial charge is 0.292 e. The molecule has 1 fully saturated rings. The van der Waals surface area contributed by atoms with E-state index in [0.717, 1.165) is 18.8 Å². The van der Waals surface area contributed by atoms with Crippen molar-refractivity contribution in [1.82, 2.24) is 4.90 Å². The van der Waals surface area contributed by atoms with Gasteiger partial charge in [0.25, 0.3) is 5.69 Å². The minimum Gasteiger partial charge on any atom is -0.508 e. The van der Waals surface area contributed by atoms with Gasteiger partial charge >= 0.3 is 0 Å². The molecule has 3 rings (SSSR count). The lowest BCUT2D eigenvalue weighted by Gasteiger charge is -2.35. The van der Waals surface area contributed by atoms with Crippen molar-refractivity contribution in [2.24, 2.45) is 0 Å². The summed E-state index contributed by atoms with van der Waals surface area (Å²) in [5.74, 6) is -0.0948. The molecule has 0 atom stereocenters. The highest BCUT2D eigenvalue weighted by Crippen LogP contribution is 2.27. The molecule has 0 aliphatic carbocycles. The fraction of sp³-hybridized carbons (Fsp3) is 0.278. The highest BCUT2D eigenvalue weighted by molar-refractivity contribution is 6.31. The normalized spacial score (nSPS) is 14.8. The molecule has 1 aliphatic heterocycles. The zero-order valence-electron chi connectivity index (χ0n) is 14.5. The molecule has 1 heterocycles. The van der Waals surface area contributed by atoms with Crippen molar-refractivity contribution in [3.63, 3.8) is 0 Å². The minimum atomic E-state index is -0.553. The van der Waals surface area contributed by atoms with Crippen LogP contribution in [0.15, 0.2) is 42.5 Å². The quantitative estimate of drug-likeness (QED) is 0.601. The molecule has 0 radical (unpaired) electrons. The zero-order chi connectivity index (χ0) is 19.4. The van der Waals surface area contributed by atoms with Gasteiger partial charge in [-0.25, -0.2) is 0 Å². The van der Waals surface area contributed by atoms with Gasteiger partial charge in [-0.3, -0.25) is 19.8 Å². The number of phenolic OH excluding ortho intramolecular Hbond substituents is 1. The number of piperazine rings is 1. The van der Waals surface area contributed by atoms with Crippen LogP contribution in [0.1, 0.15) is 0 Å². The molecule has 2 N–H and O–H groups in total. The van der Waals surface area contributed by atoms with Gasteiger partial charge in [-0.1, -0.05) is 11.6 Å². The van der Waals surface area contributed by atoms with Crippen LogP contribution in [-0.4, -0.2) is 53.6 Å². The Morgan fingerprint density at radius 2 is 1.81 bits per heavy atom. The summed E-state index contributed by atoms with van der Waals surface area (Å²) in [6, 6.07) is 11.1. The van der Waals surface area contributed by atoms with Crippen molar-refractivity contribution in [3.05, 3.63) is 57.6 Å². The number of nitro benzene ring substituents is 1. The number of halogens is 1. The molecule has 0 unspecified atom stereocenters. The van der Waals surface area contributed by atoms with E-state index in [-0.39, 0.29) is 29.6 Å². The Morgan fingerprint density at radius 3 is 2.44 bits per heavy atom. The van der Waals surface area contributed by atoms with Gasteiger partial charge in [-0.05, 0) is 36.4 Å². The van der Waals surface area contributed by atoms with Gasteiger partial charge < -0.3 is 15.3 Å². The molecule has 1 saturated heterocycles. The van der Waals surface area contributed by atoms with Crippen LogP contribution in [0, 0.1) is 10.1 Å². The summed E-state index contributed by atoms with van der Waals surface area (Å²) in [7, 11) is 0. The Bertz CT molecular complexity index is 836. The number of benzene rings is 2. The van der Waals surface area contributed by atoms with Crippen LogP contribution in [0.4, 0.5) is 17.1 Å². The second-order valence-electron chi connectivity index (χ2n) is 6.25. The van der Waals surface area contributed by atoms with E-state index >= 15 is 0 Å². The number of carbonyl (C=O) groups is 1. The van der Waals surface area contributed by atoms with E-state index < -0.39 is 4.92 Å². The first kappa shape index (κ1) is 18.9. The van der Waals surface area contributed by atoms with Crippen molar-refractivity contribution >= 4 is 34.6 Å². The fourth-order valence-corrected chi connectivity index (χ4v) is 3.16. The zero-order valence-corrected chi connectivity index (χ0v) is 15.2. The van der Waals surface area contributed by atoms with Crippen molar-refractivity contribution in [2.75, 3.05) is 42.9 Å². The largest absolute Gasteiger partial charge is 0.508 e. The molecular formula is C18H19ClN4O4. The predicted octanol–water partition coefficient (Wildman–Crippen LogP) is 2.71. The molecule has 0 saturated carbocycles. The number of nitrogens with one attached hydrogen (secondary N) is 1. The first-order valence-electron chi connectivity index (χ1n) is 8.42. The van der Waals surface area contributed by atoms with E-state index in [4.69, 9.17) is 11.6 Å². The number of hydrogen-bond donors (Lipinski definition) is 2. The number of phenols is 1. The molecule has 8 nitrogen and oxygen atoms in total. The third kappa shape index (κ3) is 4.87. The minimum absolute atomic E-state index is 0.0974. The van der Waals surface area contributed by atoms with Crippen LogP contribution in [0.5, 0.6) is 5.75 Å². The van der Waals surface area contributed by atoms with Gasteiger partial charge in [-0.15, -0.1) is 0 Å². The van der Waals surface area contributed by atoms with E-state index in [1.807, 2.05) is 17.0 Å². The maximum atomic E-state index is 12.3. The molecular weight excluding hydrogens is 372 g/mol. The van der Waals surface area contributed by atoms with Gasteiger partial charge in [0.2, 0.25) is 5.91 Å². The second-order valence-corrected chi connectivity index (χ2v) is 6.68. The molecule has 1 amide bonds. The van der Waals surface area contributed by atoms with Gasteiger partial charge in [0.05, 0.1) is 11.5 Å². The topological polar surface area (TPSA) is 99.0 Å². The summed E-state index contributed by atoms with van der Waals surface area (Å²) in [5, 5.41) is 23.3. The molecule has 0 bridgehead atoms. The van der Waals surface area contributed by atoms with Gasteiger partial charge in [-0.2, -0.15) is 0 Å². The van der Waals surface area contributed by atoms with E-state index in [9.17, 15) is 20.0 Å². The van der Waals surface area contributed by atoms with E-state index in [0.29, 0.717) is 18.1 Å². The molecule has 27 heavy (non-hydrogen) atoms. The van der Waals surface area contributed by atoms with Gasteiger partial charge in [0.15, 0.2) is 0 Å². The Labute approximate surface area is 161 Å². The predicted molar refractivity (Wildman–Crippen MR) is 103 cm³/mol. The monoisotopic (exact) mass is 390 g/mol. The van der Waals surface area contributed by atoms with E-state index in [1.54, 1.807) is 12.1 Å². The maximum absolute atomic E-state index is 12.3. The Morgan fingerprint density at radius 1 is 1.15 bits per heavy atom. The van der Waals surface area contributed by atoms with E-state index in [1.165, 1.54) is 18.2 Å². The molecule has 9 heteroatoms. The lowest BCUT2D eigenvalue weighted by Crippen LogP contribution is -2.48. The molecule has 2 aromatic carbocycles. The van der Waals surface area contributed by atoms with Gasteiger partial charge in [0, 0.05) is 43.0 Å². The van der Waals surface area contributed by atoms with Crippen LogP contribution in [0.3, 0.4) is 0 Å². The summed E-state index contributed by atoms with van der Waals surface area (Å²) >= 11 is 5.88. The summed E-state index contributed by atoms with van der Waals surface area (Å²) in [5.41, 5.74) is 0.927. The number of anilines is 2. The summed E-state index contributed by atoms with van der Waals surface area (Å²) in [6.45, 7) is 3.01. The number of aromatic hydroxyl groups is 1. The number of amides is 1. The van der Waals surface area contributed by atoms with E-state index in [2.05, 4.69) is 10.2 Å². The fourth-order valence-electron chi connectivity index (χ4n) is 2.99. The van der Waals surface area contributed by atoms with Crippen LogP contribution in [0.2, 0.25) is 5.02 Å². The van der Waals surface area contributed by atoms with Crippen LogP contribution < -0.4 is 10.2 Å². The molecule has 0 aromatic heterocycles. The summed E-state index contributed by atoms with van der Waals surface area (Å²) < 4.78 is 0. The third-order valence-corrected chi connectivity index (χ3v) is 4.62. The average Bonchev–Trinajstić information content (AvgIpc) is 2.63. The van der Waals surface area contributed by atoms with Crippen molar-refractivity contribution < 1.29 is 14.8 Å². The maximum Gasteiger partial charge on any atom is 0.292 e. The first-order valence-corrected chi connectivity index (χ1v) is 8.80. The molecule has 0 spiro atoms. The van der Waals surface area contributed by atoms with Crippen molar-refractivity contribution in [3.8, 4) is 5.75 Å². The summed E-state index contributed by atoms with van der Waals surface area (Å²) in [4.78, 5) is 27.0. The second kappa shape index (κ2) is 8.24. The Hall–Kier alpha value is -2.84. The first-order chi connectivity index (χ1) is 12.9. The lowest BCUT2D eigenvalue weighted by atomic mass is 10.2. The number of carbonyl (C=O) groups excluding carboxylic acids is 1. The molecule has 142 valence electrons. The number of hydrogen-bond acceptors (Lipinski definition) is 6. The number of rotatable bonds is 5. The lowest BCUT2D eigenvalue weighted by molar-refractivity contribution is -0.383. The SMILES string of the molecule is O=C(CN1CCN(c2ccc(O)cc2)CC1)Nc1cc(Cl)ccc1[N+](=O)[O-]. The highest BCUT2D eigenvalue weighted by atomic mass is 35.5. The van der Waals surface area contributed by atoms with Crippen molar-refractivity contribution in [2.45, 2.75) is 0 Å². The van der Waals surface area contributed by atoms with Crippen LogP contribution >= 0.6 is 11.6 Å². The molecule has 2 aromatic rings. The third-order valence-electron chi connectivity index (χ3n) is 4.38. The number of nitrogens with zero attached hydrogens (tertiary/aromatic N) is 3. The van der Waals surface area contributed by atoms with Crippen LogP contribution in [0.25, 0.3) is 0 Å². The summed E-state index contributed by atoms with van der Waals surface area (Å²) in [6.07, 6.45) is 0.